The molecular formula is C15H18. The lowest BCUT2D eigenvalue weighted by Gasteiger charge is -2.19. The summed E-state index contributed by atoms with van der Waals surface area (Å²) in [5, 5.41) is 0. The Morgan fingerprint density at radius 2 is 1.80 bits per heavy atom. The second-order valence-corrected chi connectivity index (χ2v) is 4.34. The van der Waals surface area contributed by atoms with Gasteiger partial charge in [-0.15, -0.1) is 0 Å². The van der Waals surface area contributed by atoms with Crippen LogP contribution in [0.4, 0.5) is 0 Å². The highest BCUT2D eigenvalue weighted by molar-refractivity contribution is 5.17. The Morgan fingerprint density at radius 1 is 1.13 bits per heavy atom. The lowest BCUT2D eigenvalue weighted by molar-refractivity contribution is 0.492. The summed E-state index contributed by atoms with van der Waals surface area (Å²) in [6, 6.07) is 10.7. The van der Waals surface area contributed by atoms with E-state index in [0.717, 1.165) is 6.42 Å². The first kappa shape index (κ1) is 10.2. The summed E-state index contributed by atoms with van der Waals surface area (Å²) < 4.78 is 0. The lowest BCUT2D eigenvalue weighted by atomic mass is 9.86. The molecule has 1 aliphatic carbocycles. The van der Waals surface area contributed by atoms with Crippen LogP contribution in [0.15, 0.2) is 54.6 Å². The molecule has 0 bridgehead atoms. The van der Waals surface area contributed by atoms with Gasteiger partial charge in [0.15, 0.2) is 0 Å². The molecule has 1 unspecified atom stereocenters. The van der Waals surface area contributed by atoms with Crippen LogP contribution >= 0.6 is 0 Å². The minimum absolute atomic E-state index is 0.624. The molecule has 0 aromatic heterocycles. The standard InChI is InChI=1S/C15H18/c1-13(15-10-6-3-7-11-15)12-14-8-4-2-5-9-14/h2,4-11,13,15H,3,12H2,1H3. The fraction of sp³-hybridized carbons (Fsp3) is 0.333. The van der Waals surface area contributed by atoms with E-state index in [9.17, 15) is 0 Å². The van der Waals surface area contributed by atoms with Crippen LogP contribution in [0.2, 0.25) is 0 Å². The SMILES string of the molecule is CC(Cc1ccccc1)C1C=CCC=C1. The Labute approximate surface area is 92.3 Å². The molecule has 0 heterocycles. The van der Waals surface area contributed by atoms with E-state index in [1.807, 2.05) is 0 Å². The zero-order chi connectivity index (χ0) is 10.5. The number of benzene rings is 1. The molecular weight excluding hydrogens is 180 g/mol. The van der Waals surface area contributed by atoms with Gasteiger partial charge in [0.25, 0.3) is 0 Å². The molecule has 0 amide bonds. The van der Waals surface area contributed by atoms with Crippen molar-refractivity contribution in [3.8, 4) is 0 Å². The van der Waals surface area contributed by atoms with E-state index < -0.39 is 0 Å². The quantitative estimate of drug-likeness (QED) is 0.644. The van der Waals surface area contributed by atoms with Gasteiger partial charge >= 0.3 is 0 Å². The van der Waals surface area contributed by atoms with Gasteiger partial charge in [-0.3, -0.25) is 0 Å². The second kappa shape index (κ2) is 4.97. The van der Waals surface area contributed by atoms with Crippen molar-refractivity contribution in [3.63, 3.8) is 0 Å². The fourth-order valence-corrected chi connectivity index (χ4v) is 2.12. The summed E-state index contributed by atoms with van der Waals surface area (Å²) in [5.41, 5.74) is 1.44. The highest BCUT2D eigenvalue weighted by atomic mass is 14.2. The monoisotopic (exact) mass is 198 g/mol. The van der Waals surface area contributed by atoms with E-state index >= 15 is 0 Å². The van der Waals surface area contributed by atoms with E-state index in [1.165, 1.54) is 12.0 Å². The Hall–Kier alpha value is -1.30. The van der Waals surface area contributed by atoms with Crippen LogP contribution in [0, 0.1) is 11.8 Å². The maximum atomic E-state index is 2.34. The van der Waals surface area contributed by atoms with E-state index in [0.29, 0.717) is 11.8 Å². The summed E-state index contributed by atoms with van der Waals surface area (Å²) in [6.45, 7) is 2.33. The number of hydrogen-bond acceptors (Lipinski definition) is 0. The molecule has 0 saturated heterocycles. The molecule has 0 aliphatic heterocycles. The third-order valence-corrected chi connectivity index (χ3v) is 3.05. The fourth-order valence-electron chi connectivity index (χ4n) is 2.12. The molecule has 78 valence electrons. The van der Waals surface area contributed by atoms with E-state index in [-0.39, 0.29) is 0 Å². The molecule has 1 aliphatic rings. The summed E-state index contributed by atoms with van der Waals surface area (Å²) in [6.07, 6.45) is 11.5. The molecule has 1 atom stereocenters. The summed E-state index contributed by atoms with van der Waals surface area (Å²) in [5.74, 6) is 1.32. The highest BCUT2D eigenvalue weighted by Gasteiger charge is 2.12. The van der Waals surface area contributed by atoms with Crippen LogP contribution in [-0.4, -0.2) is 0 Å². The van der Waals surface area contributed by atoms with Crippen LogP contribution in [0.1, 0.15) is 18.9 Å². The molecule has 0 heteroatoms. The minimum Gasteiger partial charge on any atom is -0.0841 e. The van der Waals surface area contributed by atoms with Gasteiger partial charge in [-0.05, 0) is 30.2 Å². The van der Waals surface area contributed by atoms with Gasteiger partial charge in [-0.25, -0.2) is 0 Å². The molecule has 2 rings (SSSR count). The van der Waals surface area contributed by atoms with Crippen molar-refractivity contribution in [1.82, 2.24) is 0 Å². The number of rotatable bonds is 3. The maximum Gasteiger partial charge on any atom is -0.00244 e. The number of allylic oxidation sites excluding steroid dienone is 4. The molecule has 0 fully saturated rings. The van der Waals surface area contributed by atoms with Crippen LogP contribution in [0.5, 0.6) is 0 Å². The molecule has 1 aromatic carbocycles. The van der Waals surface area contributed by atoms with Crippen molar-refractivity contribution in [1.29, 1.82) is 0 Å². The topological polar surface area (TPSA) is 0 Å². The maximum absolute atomic E-state index is 2.34. The Balaban J connectivity index is 1.97. The predicted octanol–water partition coefficient (Wildman–Crippen LogP) is 4.00. The van der Waals surface area contributed by atoms with Crippen molar-refractivity contribution < 1.29 is 0 Å². The van der Waals surface area contributed by atoms with Gasteiger partial charge < -0.3 is 0 Å². The van der Waals surface area contributed by atoms with Gasteiger partial charge in [0, 0.05) is 0 Å². The average molecular weight is 198 g/mol. The predicted molar refractivity (Wildman–Crippen MR) is 65.7 cm³/mol. The first-order valence-electron chi connectivity index (χ1n) is 5.73. The van der Waals surface area contributed by atoms with E-state index in [2.05, 4.69) is 61.6 Å². The Kier molecular flexibility index (Phi) is 3.39. The second-order valence-electron chi connectivity index (χ2n) is 4.34. The zero-order valence-electron chi connectivity index (χ0n) is 9.27. The zero-order valence-corrected chi connectivity index (χ0v) is 9.27. The molecule has 0 radical (unpaired) electrons. The average Bonchev–Trinajstić information content (AvgIpc) is 2.31. The summed E-state index contributed by atoms with van der Waals surface area (Å²) >= 11 is 0. The minimum atomic E-state index is 0.624. The summed E-state index contributed by atoms with van der Waals surface area (Å²) in [4.78, 5) is 0. The van der Waals surface area contributed by atoms with Gasteiger partial charge in [0.2, 0.25) is 0 Å². The first-order valence-corrected chi connectivity index (χ1v) is 5.73. The van der Waals surface area contributed by atoms with Gasteiger partial charge in [-0.1, -0.05) is 61.6 Å². The third-order valence-electron chi connectivity index (χ3n) is 3.05. The van der Waals surface area contributed by atoms with Crippen molar-refractivity contribution >= 4 is 0 Å². The van der Waals surface area contributed by atoms with Gasteiger partial charge in [-0.2, -0.15) is 0 Å². The van der Waals surface area contributed by atoms with E-state index in [1.54, 1.807) is 0 Å². The largest absolute Gasteiger partial charge is 0.0841 e. The first-order chi connectivity index (χ1) is 7.36. The van der Waals surface area contributed by atoms with Crippen LogP contribution in [0.25, 0.3) is 0 Å². The highest BCUT2D eigenvalue weighted by Crippen LogP contribution is 2.22. The number of hydrogen-bond donors (Lipinski definition) is 0. The van der Waals surface area contributed by atoms with Gasteiger partial charge in [0.1, 0.15) is 0 Å². The molecule has 0 saturated carbocycles. The van der Waals surface area contributed by atoms with Crippen LogP contribution < -0.4 is 0 Å². The van der Waals surface area contributed by atoms with Crippen molar-refractivity contribution in [2.45, 2.75) is 19.8 Å². The summed E-state index contributed by atoms with van der Waals surface area (Å²) in [7, 11) is 0. The third kappa shape index (κ3) is 2.82. The smallest absolute Gasteiger partial charge is 0.00244 e. The molecule has 15 heavy (non-hydrogen) atoms. The van der Waals surface area contributed by atoms with Crippen molar-refractivity contribution in [2.24, 2.45) is 11.8 Å². The Morgan fingerprint density at radius 3 is 2.47 bits per heavy atom. The van der Waals surface area contributed by atoms with Crippen LogP contribution in [-0.2, 0) is 6.42 Å². The Bertz CT molecular complexity index is 334. The van der Waals surface area contributed by atoms with Crippen LogP contribution in [0.3, 0.4) is 0 Å². The van der Waals surface area contributed by atoms with Gasteiger partial charge in [0.05, 0.1) is 0 Å². The normalized spacial score (nSPS) is 17.9. The molecule has 0 nitrogen and oxygen atoms in total. The van der Waals surface area contributed by atoms with E-state index in [4.69, 9.17) is 0 Å². The van der Waals surface area contributed by atoms with Crippen molar-refractivity contribution in [2.75, 3.05) is 0 Å². The van der Waals surface area contributed by atoms with Crippen molar-refractivity contribution in [3.05, 3.63) is 60.2 Å². The lowest BCUT2D eigenvalue weighted by Crippen LogP contribution is -2.11. The molecule has 1 aromatic rings. The molecule has 0 spiro atoms. The molecule has 0 N–H and O–H groups in total.